The van der Waals surface area contributed by atoms with Crippen molar-refractivity contribution in [2.75, 3.05) is 31.6 Å². The van der Waals surface area contributed by atoms with Gasteiger partial charge in [0.05, 0.1) is 12.3 Å². The first-order valence-electron chi connectivity index (χ1n) is 10.7. The lowest BCUT2D eigenvalue weighted by Gasteiger charge is -2.37. The number of nitrogens with one attached hydrogen (secondary N) is 2. The van der Waals surface area contributed by atoms with E-state index in [0.29, 0.717) is 24.9 Å². The van der Waals surface area contributed by atoms with Crippen molar-refractivity contribution in [2.45, 2.75) is 59.2 Å². The number of aliphatic imine (C=N–C) groups is 1. The van der Waals surface area contributed by atoms with E-state index in [4.69, 9.17) is 4.99 Å². The van der Waals surface area contributed by atoms with Gasteiger partial charge in [0.1, 0.15) is 9.84 Å². The summed E-state index contributed by atoms with van der Waals surface area (Å²) in [5.41, 5.74) is 2.89. The van der Waals surface area contributed by atoms with Crippen LogP contribution in [-0.2, 0) is 22.8 Å². The number of sulfone groups is 1. The number of benzene rings is 1. The normalized spacial score (nSPS) is 17.7. The summed E-state index contributed by atoms with van der Waals surface area (Å²) in [4.78, 5) is 7.40. The molecule has 2 rings (SSSR count). The average Bonchev–Trinajstić information content (AvgIpc) is 2.65. The molecule has 0 radical (unpaired) electrons. The van der Waals surface area contributed by atoms with Crippen molar-refractivity contribution in [3.63, 3.8) is 0 Å². The molecule has 0 saturated heterocycles. The first-order chi connectivity index (χ1) is 13.7. The van der Waals surface area contributed by atoms with E-state index in [1.807, 2.05) is 13.8 Å². The van der Waals surface area contributed by atoms with Gasteiger partial charge in [0.15, 0.2) is 5.96 Å². The van der Waals surface area contributed by atoms with Crippen molar-refractivity contribution in [1.82, 2.24) is 15.5 Å². The van der Waals surface area contributed by atoms with Gasteiger partial charge in [-0.25, -0.2) is 8.42 Å². The van der Waals surface area contributed by atoms with Gasteiger partial charge in [0, 0.05) is 38.0 Å². The van der Waals surface area contributed by atoms with Crippen LogP contribution in [0.3, 0.4) is 0 Å². The van der Waals surface area contributed by atoms with E-state index in [2.05, 4.69) is 53.6 Å². The lowest BCUT2D eigenvalue weighted by atomic mass is 9.95. The first kappa shape index (κ1) is 23.7. The molecule has 0 spiro atoms. The Labute approximate surface area is 177 Å². The van der Waals surface area contributed by atoms with E-state index in [1.54, 1.807) is 0 Å². The van der Waals surface area contributed by atoms with E-state index in [9.17, 15) is 8.42 Å². The summed E-state index contributed by atoms with van der Waals surface area (Å²) < 4.78 is 22.8. The molecule has 0 bridgehead atoms. The molecule has 1 aliphatic heterocycles. The van der Waals surface area contributed by atoms with Crippen LogP contribution in [-0.4, -0.2) is 63.0 Å². The van der Waals surface area contributed by atoms with Crippen LogP contribution in [0.1, 0.15) is 45.2 Å². The summed E-state index contributed by atoms with van der Waals surface area (Å²) in [7, 11) is -2.95. The minimum absolute atomic E-state index is 0.0434. The molecule has 29 heavy (non-hydrogen) atoms. The molecule has 1 aliphatic rings. The molecule has 0 aliphatic carbocycles. The summed E-state index contributed by atoms with van der Waals surface area (Å²) in [5.74, 6) is 1.44. The predicted octanol–water partition coefficient (Wildman–Crippen LogP) is 2.45. The highest BCUT2D eigenvalue weighted by Crippen LogP contribution is 2.23. The van der Waals surface area contributed by atoms with E-state index in [0.717, 1.165) is 32.0 Å². The molecular weight excluding hydrogens is 384 g/mol. The zero-order valence-electron chi connectivity index (χ0n) is 18.6. The van der Waals surface area contributed by atoms with Crippen LogP contribution < -0.4 is 10.6 Å². The molecule has 2 unspecified atom stereocenters. The fourth-order valence-electron chi connectivity index (χ4n) is 3.75. The SMILES string of the molecule is CCNC(=NCC(C(C)C)N1CCc2ccccc2C1)NC(C)CCS(C)(=O)=O. The van der Waals surface area contributed by atoms with Crippen molar-refractivity contribution < 1.29 is 8.42 Å². The molecule has 0 saturated carbocycles. The maximum absolute atomic E-state index is 11.4. The Morgan fingerprint density at radius 1 is 1.21 bits per heavy atom. The van der Waals surface area contributed by atoms with Gasteiger partial charge in [-0.3, -0.25) is 9.89 Å². The Bertz CT molecular complexity index is 777. The Hall–Kier alpha value is -1.60. The van der Waals surface area contributed by atoms with Crippen molar-refractivity contribution in [2.24, 2.45) is 10.9 Å². The summed E-state index contributed by atoms with van der Waals surface area (Å²) in [6.45, 7) is 12.1. The van der Waals surface area contributed by atoms with Gasteiger partial charge in [0.25, 0.3) is 0 Å². The Morgan fingerprint density at radius 3 is 2.52 bits per heavy atom. The third-order valence-corrected chi connectivity index (χ3v) is 6.46. The molecule has 2 atom stereocenters. The van der Waals surface area contributed by atoms with Gasteiger partial charge in [-0.1, -0.05) is 38.1 Å². The topological polar surface area (TPSA) is 73.8 Å². The smallest absolute Gasteiger partial charge is 0.191 e. The number of nitrogens with zero attached hydrogens (tertiary/aromatic N) is 2. The van der Waals surface area contributed by atoms with E-state index >= 15 is 0 Å². The monoisotopic (exact) mass is 422 g/mol. The van der Waals surface area contributed by atoms with Gasteiger partial charge >= 0.3 is 0 Å². The highest BCUT2D eigenvalue weighted by atomic mass is 32.2. The van der Waals surface area contributed by atoms with E-state index < -0.39 is 9.84 Å². The van der Waals surface area contributed by atoms with Gasteiger partial charge in [-0.05, 0) is 43.7 Å². The number of hydrogen-bond acceptors (Lipinski definition) is 4. The summed E-state index contributed by atoms with van der Waals surface area (Å²) in [5, 5.41) is 6.65. The van der Waals surface area contributed by atoms with Crippen LogP contribution in [0.2, 0.25) is 0 Å². The lowest BCUT2D eigenvalue weighted by Crippen LogP contribution is -2.46. The third kappa shape index (κ3) is 7.97. The van der Waals surface area contributed by atoms with Gasteiger partial charge in [-0.2, -0.15) is 0 Å². The quantitative estimate of drug-likeness (QED) is 0.472. The minimum Gasteiger partial charge on any atom is -0.357 e. The second-order valence-electron chi connectivity index (χ2n) is 8.48. The van der Waals surface area contributed by atoms with Crippen LogP contribution in [0, 0.1) is 5.92 Å². The van der Waals surface area contributed by atoms with Gasteiger partial charge in [0.2, 0.25) is 0 Å². The standard InChI is InChI=1S/C22H38N4O2S/c1-6-23-22(25-18(4)12-14-29(5,27)28)24-15-21(17(2)3)26-13-11-19-9-7-8-10-20(19)16-26/h7-10,17-18,21H,6,11-16H2,1-5H3,(H2,23,24,25). The molecule has 2 N–H and O–H groups in total. The molecule has 0 aromatic heterocycles. The molecule has 1 heterocycles. The zero-order chi connectivity index (χ0) is 21.4. The number of rotatable bonds is 9. The largest absolute Gasteiger partial charge is 0.357 e. The Balaban J connectivity index is 2.02. The molecule has 7 heteroatoms. The van der Waals surface area contributed by atoms with Crippen molar-refractivity contribution in [3.05, 3.63) is 35.4 Å². The highest BCUT2D eigenvalue weighted by Gasteiger charge is 2.25. The highest BCUT2D eigenvalue weighted by molar-refractivity contribution is 7.90. The van der Waals surface area contributed by atoms with Crippen LogP contribution in [0.15, 0.2) is 29.3 Å². The van der Waals surface area contributed by atoms with Crippen LogP contribution >= 0.6 is 0 Å². The summed E-state index contributed by atoms with van der Waals surface area (Å²) in [6.07, 6.45) is 2.94. The van der Waals surface area contributed by atoms with Gasteiger partial charge in [-0.15, -0.1) is 0 Å². The summed E-state index contributed by atoms with van der Waals surface area (Å²) in [6, 6.07) is 9.12. The van der Waals surface area contributed by atoms with Crippen molar-refractivity contribution in [1.29, 1.82) is 0 Å². The molecule has 1 aromatic rings. The second kappa shape index (κ2) is 11.0. The van der Waals surface area contributed by atoms with Crippen LogP contribution in [0.4, 0.5) is 0 Å². The maximum Gasteiger partial charge on any atom is 0.191 e. The lowest BCUT2D eigenvalue weighted by molar-refractivity contribution is 0.144. The molecule has 164 valence electrons. The fraction of sp³-hybridized carbons (Fsp3) is 0.682. The molecular formula is C22H38N4O2S. The van der Waals surface area contributed by atoms with E-state index in [1.165, 1.54) is 17.4 Å². The number of hydrogen-bond donors (Lipinski definition) is 2. The molecule has 6 nitrogen and oxygen atoms in total. The predicted molar refractivity (Wildman–Crippen MR) is 122 cm³/mol. The minimum atomic E-state index is -2.95. The zero-order valence-corrected chi connectivity index (χ0v) is 19.4. The number of fused-ring (bicyclic) bond motifs is 1. The number of guanidine groups is 1. The van der Waals surface area contributed by atoms with Crippen LogP contribution in [0.25, 0.3) is 0 Å². The van der Waals surface area contributed by atoms with Crippen molar-refractivity contribution >= 4 is 15.8 Å². The molecule has 1 aromatic carbocycles. The third-order valence-electron chi connectivity index (χ3n) is 5.48. The van der Waals surface area contributed by atoms with E-state index in [-0.39, 0.29) is 11.8 Å². The average molecular weight is 423 g/mol. The summed E-state index contributed by atoms with van der Waals surface area (Å²) >= 11 is 0. The van der Waals surface area contributed by atoms with Crippen molar-refractivity contribution in [3.8, 4) is 0 Å². The Kier molecular flexibility index (Phi) is 8.96. The molecule has 0 fully saturated rings. The van der Waals surface area contributed by atoms with Gasteiger partial charge < -0.3 is 10.6 Å². The Morgan fingerprint density at radius 2 is 1.90 bits per heavy atom. The van der Waals surface area contributed by atoms with Crippen LogP contribution in [0.5, 0.6) is 0 Å². The molecule has 0 amide bonds. The maximum atomic E-state index is 11.4. The fourth-order valence-corrected chi connectivity index (χ4v) is 4.53. The second-order valence-corrected chi connectivity index (χ2v) is 10.7. The first-order valence-corrected chi connectivity index (χ1v) is 12.8.